The molecule has 0 unspecified atom stereocenters. The molecule has 8 aromatic rings. The van der Waals surface area contributed by atoms with E-state index in [9.17, 15) is 0 Å². The summed E-state index contributed by atoms with van der Waals surface area (Å²) in [5, 5.41) is 0. The molecule has 0 amide bonds. The van der Waals surface area contributed by atoms with E-state index >= 15 is 0 Å². The van der Waals surface area contributed by atoms with Crippen molar-refractivity contribution in [1.29, 1.82) is 0 Å². The summed E-state index contributed by atoms with van der Waals surface area (Å²) in [7, 11) is 0. The monoisotopic (exact) mass is 652 g/mol. The van der Waals surface area contributed by atoms with Crippen molar-refractivity contribution in [3.8, 4) is 33.4 Å². The van der Waals surface area contributed by atoms with E-state index < -0.39 is 0 Å². The Morgan fingerprint density at radius 3 is 1.24 bits per heavy atom. The van der Waals surface area contributed by atoms with Gasteiger partial charge in [-0.1, -0.05) is 140 Å². The van der Waals surface area contributed by atoms with Crippen molar-refractivity contribution in [2.45, 2.75) is 6.42 Å². The summed E-state index contributed by atoms with van der Waals surface area (Å²) >= 11 is 0. The Balaban J connectivity index is 1.07. The van der Waals surface area contributed by atoms with Crippen molar-refractivity contribution in [2.75, 3.05) is 9.80 Å². The molecule has 0 aromatic heterocycles. The van der Waals surface area contributed by atoms with Gasteiger partial charge in [0, 0.05) is 40.5 Å². The molecule has 0 aliphatic carbocycles. The molecule has 51 heavy (non-hydrogen) atoms. The fraction of sp³-hybridized carbons (Fsp3) is 0.0204. The van der Waals surface area contributed by atoms with Crippen LogP contribution < -0.4 is 9.80 Å². The molecule has 2 nitrogen and oxygen atoms in total. The fourth-order valence-corrected chi connectivity index (χ4v) is 7.31. The zero-order valence-electron chi connectivity index (χ0n) is 28.2. The van der Waals surface area contributed by atoms with Crippen molar-refractivity contribution in [2.24, 2.45) is 0 Å². The maximum absolute atomic E-state index is 2.39. The molecule has 1 aliphatic rings. The van der Waals surface area contributed by atoms with E-state index in [-0.39, 0.29) is 0 Å². The molecule has 0 saturated carbocycles. The van der Waals surface area contributed by atoms with Crippen LogP contribution in [0.1, 0.15) is 11.1 Å². The Kier molecular flexibility index (Phi) is 7.96. The van der Waals surface area contributed by atoms with Gasteiger partial charge >= 0.3 is 0 Å². The van der Waals surface area contributed by atoms with Crippen molar-refractivity contribution >= 4 is 34.1 Å². The zero-order valence-corrected chi connectivity index (χ0v) is 28.2. The van der Waals surface area contributed by atoms with Crippen LogP contribution >= 0.6 is 0 Å². The van der Waals surface area contributed by atoms with Crippen LogP contribution in [0.2, 0.25) is 0 Å². The number of hydrogen-bond acceptors (Lipinski definition) is 2. The van der Waals surface area contributed by atoms with Crippen LogP contribution in [0.15, 0.2) is 206 Å². The molecule has 1 aliphatic heterocycles. The van der Waals surface area contributed by atoms with E-state index in [1.54, 1.807) is 0 Å². The van der Waals surface area contributed by atoms with Gasteiger partial charge in [-0.2, -0.15) is 0 Å². The lowest BCUT2D eigenvalue weighted by molar-refractivity contribution is 1.09. The third-order valence-electron chi connectivity index (χ3n) is 9.87. The zero-order chi connectivity index (χ0) is 34.0. The second kappa shape index (κ2) is 13.3. The number of anilines is 6. The van der Waals surface area contributed by atoms with Gasteiger partial charge in [-0.3, -0.25) is 0 Å². The highest BCUT2D eigenvalue weighted by Gasteiger charge is 2.24. The van der Waals surface area contributed by atoms with Crippen LogP contribution in [0.3, 0.4) is 0 Å². The summed E-state index contributed by atoms with van der Waals surface area (Å²) in [5.74, 6) is 0. The highest BCUT2D eigenvalue weighted by Crippen LogP contribution is 2.45. The summed E-state index contributed by atoms with van der Waals surface area (Å²) in [6, 6.07) is 74.2. The second-order valence-electron chi connectivity index (χ2n) is 13.0. The maximum Gasteiger partial charge on any atom is 0.0497 e. The van der Waals surface area contributed by atoms with Gasteiger partial charge in [0.15, 0.2) is 0 Å². The minimum atomic E-state index is 0.909. The molecule has 8 aromatic carbocycles. The van der Waals surface area contributed by atoms with E-state index in [2.05, 4.69) is 216 Å². The molecule has 0 N–H and O–H groups in total. The lowest BCUT2D eigenvalue weighted by Crippen LogP contribution is -2.18. The molecule has 1 heterocycles. The first-order valence-corrected chi connectivity index (χ1v) is 17.6. The predicted octanol–water partition coefficient (Wildman–Crippen LogP) is 13.5. The summed E-state index contributed by atoms with van der Waals surface area (Å²) in [5.41, 5.74) is 16.9. The van der Waals surface area contributed by atoms with Gasteiger partial charge in [-0.15, -0.1) is 0 Å². The minimum absolute atomic E-state index is 0.909. The van der Waals surface area contributed by atoms with Gasteiger partial charge in [0.2, 0.25) is 0 Å². The topological polar surface area (TPSA) is 6.48 Å². The average molecular weight is 653 g/mol. The summed E-state index contributed by atoms with van der Waals surface area (Å²) in [6.45, 7) is 0. The van der Waals surface area contributed by atoms with E-state index in [0.717, 1.165) is 23.5 Å². The second-order valence-corrected chi connectivity index (χ2v) is 13.0. The van der Waals surface area contributed by atoms with E-state index in [0.29, 0.717) is 0 Å². The molecule has 0 bridgehead atoms. The van der Waals surface area contributed by atoms with Gasteiger partial charge in [0.05, 0.1) is 0 Å². The summed E-state index contributed by atoms with van der Waals surface area (Å²) in [6.07, 6.45) is 0.909. The van der Waals surface area contributed by atoms with Crippen LogP contribution in [0.25, 0.3) is 33.4 Å². The Hall–Kier alpha value is -6.64. The van der Waals surface area contributed by atoms with E-state index in [1.807, 2.05) is 0 Å². The number of benzene rings is 8. The predicted molar refractivity (Wildman–Crippen MR) is 215 cm³/mol. The average Bonchev–Trinajstić information content (AvgIpc) is 3.21. The van der Waals surface area contributed by atoms with Crippen molar-refractivity contribution in [3.05, 3.63) is 217 Å². The number of nitrogens with zero attached hydrogens (tertiary/aromatic N) is 2. The molecular formula is C49H36N2. The lowest BCUT2D eigenvalue weighted by atomic mass is 9.92. The molecule has 0 radical (unpaired) electrons. The smallest absolute Gasteiger partial charge is 0.0497 e. The van der Waals surface area contributed by atoms with Crippen molar-refractivity contribution < 1.29 is 0 Å². The fourth-order valence-electron chi connectivity index (χ4n) is 7.31. The van der Waals surface area contributed by atoms with Gasteiger partial charge < -0.3 is 9.80 Å². The van der Waals surface area contributed by atoms with Gasteiger partial charge in [0.1, 0.15) is 0 Å². The van der Waals surface area contributed by atoms with Crippen LogP contribution in [-0.2, 0) is 6.42 Å². The van der Waals surface area contributed by atoms with Crippen molar-refractivity contribution in [3.63, 3.8) is 0 Å². The third-order valence-corrected chi connectivity index (χ3v) is 9.87. The van der Waals surface area contributed by atoms with E-state index in [4.69, 9.17) is 0 Å². The molecule has 0 fully saturated rings. The number of para-hydroxylation sites is 2. The Bertz CT molecular complexity index is 2320. The van der Waals surface area contributed by atoms with Gasteiger partial charge in [-0.25, -0.2) is 0 Å². The Morgan fingerprint density at radius 2 is 0.706 bits per heavy atom. The van der Waals surface area contributed by atoms with Crippen LogP contribution in [-0.4, -0.2) is 0 Å². The van der Waals surface area contributed by atoms with Gasteiger partial charge in [0.25, 0.3) is 0 Å². The number of fused-ring (bicyclic) bond motifs is 2. The number of hydrogen-bond donors (Lipinski definition) is 0. The van der Waals surface area contributed by atoms with Crippen LogP contribution in [0.5, 0.6) is 0 Å². The first kappa shape index (κ1) is 30.4. The molecular weight excluding hydrogens is 617 g/mol. The maximum atomic E-state index is 2.39. The molecule has 9 rings (SSSR count). The molecule has 0 spiro atoms. The SMILES string of the molecule is c1ccc(-c2ccc(N(c3ccc(-c4ccccc4)cc3)c3ccc(-c4ccc5c(c4)Cc4ccccc4N5c4ccccc4)cc3)cc2)cc1. The summed E-state index contributed by atoms with van der Waals surface area (Å²) < 4.78 is 0. The van der Waals surface area contributed by atoms with Crippen molar-refractivity contribution in [1.82, 2.24) is 0 Å². The normalized spacial score (nSPS) is 11.8. The molecule has 0 atom stereocenters. The highest BCUT2D eigenvalue weighted by molar-refractivity contribution is 5.86. The molecule has 0 saturated heterocycles. The largest absolute Gasteiger partial charge is 0.311 e. The van der Waals surface area contributed by atoms with Crippen LogP contribution in [0.4, 0.5) is 34.1 Å². The Labute approximate surface area is 300 Å². The number of rotatable bonds is 7. The summed E-state index contributed by atoms with van der Waals surface area (Å²) in [4.78, 5) is 4.74. The quantitative estimate of drug-likeness (QED) is 0.169. The Morgan fingerprint density at radius 1 is 0.314 bits per heavy atom. The highest BCUT2D eigenvalue weighted by atomic mass is 15.2. The first-order valence-electron chi connectivity index (χ1n) is 17.6. The van der Waals surface area contributed by atoms with E-state index in [1.165, 1.54) is 61.6 Å². The standard InChI is InChI=1S/C49H36N2/c1-4-12-36(13-5-1)38-20-27-45(28-21-38)50(46-29-22-39(23-30-46)37-14-6-2-7-15-37)47-31-24-40(25-32-47)41-26-33-49-43(34-41)35-42-16-10-11-19-48(42)51(49)44-17-8-3-9-18-44/h1-34H,35H2. The minimum Gasteiger partial charge on any atom is -0.311 e. The third kappa shape index (κ3) is 5.98. The van der Waals surface area contributed by atoms with Crippen LogP contribution in [0, 0.1) is 0 Å². The molecule has 242 valence electrons. The van der Waals surface area contributed by atoms with Gasteiger partial charge in [-0.05, 0) is 111 Å². The first-order chi connectivity index (χ1) is 25.3. The lowest BCUT2D eigenvalue weighted by Gasteiger charge is -2.33. The molecule has 2 heteroatoms.